The molecular formula is C11H15N. The predicted octanol–water partition coefficient (Wildman–Crippen LogP) is 2.82. The molecule has 1 heteroatoms. The molecule has 1 unspecified atom stereocenters. The Kier molecular flexibility index (Phi) is 2.03. The summed E-state index contributed by atoms with van der Waals surface area (Å²) in [5.41, 5.74) is 2.81. The van der Waals surface area contributed by atoms with Crippen molar-refractivity contribution in [2.24, 2.45) is 0 Å². The molecule has 0 amide bonds. The van der Waals surface area contributed by atoms with Crippen LogP contribution in [0.25, 0.3) is 0 Å². The lowest BCUT2D eigenvalue weighted by Gasteiger charge is -2.12. The molecule has 1 heterocycles. The average Bonchev–Trinajstić information content (AvgIpc) is 2.25. The zero-order valence-electron chi connectivity index (χ0n) is 7.51. The van der Waals surface area contributed by atoms with Crippen LogP contribution in [0.4, 0.5) is 5.69 Å². The van der Waals surface area contributed by atoms with Crippen molar-refractivity contribution >= 4 is 5.69 Å². The summed E-state index contributed by atoms with van der Waals surface area (Å²) in [6.45, 7) is 2.25. The summed E-state index contributed by atoms with van der Waals surface area (Å²) in [7, 11) is 0. The molecule has 1 aliphatic rings. The second-order valence-corrected chi connectivity index (χ2v) is 3.59. The van der Waals surface area contributed by atoms with Gasteiger partial charge in [0.05, 0.1) is 0 Å². The number of anilines is 1. The molecule has 0 saturated carbocycles. The molecule has 0 bridgehead atoms. The topological polar surface area (TPSA) is 12.0 Å². The van der Waals surface area contributed by atoms with E-state index in [1.807, 2.05) is 0 Å². The Balaban J connectivity index is 2.31. The van der Waals surface area contributed by atoms with Gasteiger partial charge in [-0.25, -0.2) is 0 Å². The summed E-state index contributed by atoms with van der Waals surface area (Å²) < 4.78 is 0. The van der Waals surface area contributed by atoms with Gasteiger partial charge < -0.3 is 5.32 Å². The highest BCUT2D eigenvalue weighted by Gasteiger charge is 2.10. The number of hydrogen-bond acceptors (Lipinski definition) is 1. The van der Waals surface area contributed by atoms with Crippen LogP contribution in [-0.2, 0) is 6.42 Å². The van der Waals surface area contributed by atoms with Gasteiger partial charge in [0.15, 0.2) is 0 Å². The first-order chi connectivity index (χ1) is 5.86. The monoisotopic (exact) mass is 161 g/mol. The molecule has 0 fully saturated rings. The summed E-state index contributed by atoms with van der Waals surface area (Å²) >= 11 is 0. The molecule has 1 N–H and O–H groups in total. The Hall–Kier alpha value is -0.980. The Labute approximate surface area is 73.8 Å². The van der Waals surface area contributed by atoms with E-state index in [4.69, 9.17) is 0 Å². The van der Waals surface area contributed by atoms with Gasteiger partial charge in [0.25, 0.3) is 0 Å². The third kappa shape index (κ3) is 1.45. The number of fused-ring (bicyclic) bond motifs is 1. The SMILES string of the molecule is CC1CCCc2ccccc2N1. The Morgan fingerprint density at radius 3 is 3.08 bits per heavy atom. The highest BCUT2D eigenvalue weighted by Crippen LogP contribution is 2.22. The summed E-state index contributed by atoms with van der Waals surface area (Å²) in [5.74, 6) is 0. The fraction of sp³-hybridized carbons (Fsp3) is 0.455. The van der Waals surface area contributed by atoms with Gasteiger partial charge in [0.2, 0.25) is 0 Å². The maximum atomic E-state index is 3.52. The first-order valence-electron chi connectivity index (χ1n) is 4.71. The molecule has 1 aromatic carbocycles. The highest BCUT2D eigenvalue weighted by atomic mass is 14.9. The van der Waals surface area contributed by atoms with E-state index in [2.05, 4.69) is 36.5 Å². The van der Waals surface area contributed by atoms with E-state index in [1.165, 1.54) is 30.5 Å². The maximum absolute atomic E-state index is 3.52. The smallest absolute Gasteiger partial charge is 0.0374 e. The third-order valence-electron chi connectivity index (χ3n) is 2.50. The van der Waals surface area contributed by atoms with Crippen LogP contribution in [0, 0.1) is 0 Å². The van der Waals surface area contributed by atoms with E-state index in [0.29, 0.717) is 6.04 Å². The van der Waals surface area contributed by atoms with Gasteiger partial charge in [-0.3, -0.25) is 0 Å². The van der Waals surface area contributed by atoms with E-state index in [1.54, 1.807) is 0 Å². The second kappa shape index (κ2) is 3.18. The maximum Gasteiger partial charge on any atom is 0.0374 e. The van der Waals surface area contributed by atoms with E-state index in [-0.39, 0.29) is 0 Å². The van der Waals surface area contributed by atoms with Gasteiger partial charge in [-0.15, -0.1) is 0 Å². The van der Waals surface area contributed by atoms with Crippen LogP contribution in [0.5, 0.6) is 0 Å². The quantitative estimate of drug-likeness (QED) is 0.617. The summed E-state index contributed by atoms with van der Waals surface area (Å²) in [4.78, 5) is 0. The molecule has 1 aliphatic heterocycles. The Morgan fingerprint density at radius 2 is 2.17 bits per heavy atom. The number of aryl methyl sites for hydroxylation is 1. The number of para-hydroxylation sites is 1. The van der Waals surface area contributed by atoms with Crippen molar-refractivity contribution in [1.29, 1.82) is 0 Å². The second-order valence-electron chi connectivity index (χ2n) is 3.59. The largest absolute Gasteiger partial charge is 0.382 e. The van der Waals surface area contributed by atoms with Crippen molar-refractivity contribution < 1.29 is 0 Å². The number of hydrogen-bond donors (Lipinski definition) is 1. The van der Waals surface area contributed by atoms with E-state index in [9.17, 15) is 0 Å². The van der Waals surface area contributed by atoms with Crippen molar-refractivity contribution in [1.82, 2.24) is 0 Å². The first kappa shape index (κ1) is 7.66. The molecule has 0 aliphatic carbocycles. The minimum absolute atomic E-state index is 0.633. The minimum atomic E-state index is 0.633. The van der Waals surface area contributed by atoms with Gasteiger partial charge in [-0.1, -0.05) is 18.2 Å². The first-order valence-corrected chi connectivity index (χ1v) is 4.71. The van der Waals surface area contributed by atoms with Crippen molar-refractivity contribution in [3.8, 4) is 0 Å². The van der Waals surface area contributed by atoms with Crippen LogP contribution in [-0.4, -0.2) is 6.04 Å². The molecule has 1 atom stereocenters. The van der Waals surface area contributed by atoms with Gasteiger partial charge >= 0.3 is 0 Å². The fourth-order valence-corrected chi connectivity index (χ4v) is 1.82. The van der Waals surface area contributed by atoms with E-state index < -0.39 is 0 Å². The lowest BCUT2D eigenvalue weighted by molar-refractivity contribution is 0.674. The fourth-order valence-electron chi connectivity index (χ4n) is 1.82. The van der Waals surface area contributed by atoms with Crippen molar-refractivity contribution in [2.75, 3.05) is 5.32 Å². The highest BCUT2D eigenvalue weighted by molar-refractivity contribution is 5.52. The van der Waals surface area contributed by atoms with Gasteiger partial charge in [-0.2, -0.15) is 0 Å². The van der Waals surface area contributed by atoms with Crippen LogP contribution >= 0.6 is 0 Å². The summed E-state index contributed by atoms with van der Waals surface area (Å²) in [6.07, 6.45) is 3.83. The molecule has 1 aromatic rings. The molecule has 0 saturated heterocycles. The molecule has 0 aromatic heterocycles. The normalized spacial score (nSPS) is 22.2. The van der Waals surface area contributed by atoms with Crippen LogP contribution in [0.3, 0.4) is 0 Å². The zero-order valence-corrected chi connectivity index (χ0v) is 7.51. The standard InChI is InChI=1S/C11H15N/c1-9-5-4-7-10-6-2-3-8-11(10)12-9/h2-3,6,8-9,12H,4-5,7H2,1H3. The molecule has 2 rings (SSSR count). The van der Waals surface area contributed by atoms with E-state index >= 15 is 0 Å². The predicted molar refractivity (Wildman–Crippen MR) is 52.5 cm³/mol. The van der Waals surface area contributed by atoms with E-state index in [0.717, 1.165) is 0 Å². The molecule has 12 heavy (non-hydrogen) atoms. The third-order valence-corrected chi connectivity index (χ3v) is 2.50. The number of nitrogens with one attached hydrogen (secondary N) is 1. The Bertz CT molecular complexity index is 267. The van der Waals surface area contributed by atoms with Gasteiger partial charge in [0, 0.05) is 11.7 Å². The van der Waals surface area contributed by atoms with Crippen molar-refractivity contribution in [2.45, 2.75) is 32.2 Å². The number of benzene rings is 1. The minimum Gasteiger partial charge on any atom is -0.382 e. The number of rotatable bonds is 0. The van der Waals surface area contributed by atoms with Crippen LogP contribution in [0.1, 0.15) is 25.3 Å². The molecule has 64 valence electrons. The van der Waals surface area contributed by atoms with Crippen LogP contribution in [0.2, 0.25) is 0 Å². The zero-order chi connectivity index (χ0) is 8.39. The van der Waals surface area contributed by atoms with Gasteiger partial charge in [0.1, 0.15) is 0 Å². The molecule has 0 radical (unpaired) electrons. The van der Waals surface area contributed by atoms with Crippen molar-refractivity contribution in [3.05, 3.63) is 29.8 Å². The molecule has 0 spiro atoms. The molecular weight excluding hydrogens is 146 g/mol. The Morgan fingerprint density at radius 1 is 1.33 bits per heavy atom. The van der Waals surface area contributed by atoms with Crippen molar-refractivity contribution in [3.63, 3.8) is 0 Å². The lowest BCUT2D eigenvalue weighted by Crippen LogP contribution is -2.12. The summed E-state index contributed by atoms with van der Waals surface area (Å²) in [5, 5.41) is 3.52. The van der Waals surface area contributed by atoms with Crippen LogP contribution < -0.4 is 5.32 Å². The van der Waals surface area contributed by atoms with Gasteiger partial charge in [-0.05, 0) is 37.8 Å². The molecule has 1 nitrogen and oxygen atoms in total. The lowest BCUT2D eigenvalue weighted by atomic mass is 10.1. The summed E-state index contributed by atoms with van der Waals surface area (Å²) in [6, 6.07) is 9.26. The van der Waals surface area contributed by atoms with Crippen LogP contribution in [0.15, 0.2) is 24.3 Å². The average molecular weight is 161 g/mol.